The van der Waals surface area contributed by atoms with Crippen LogP contribution in [0.1, 0.15) is 29.5 Å². The van der Waals surface area contributed by atoms with Gasteiger partial charge in [-0.2, -0.15) is 0 Å². The van der Waals surface area contributed by atoms with Crippen LogP contribution in [0.5, 0.6) is 0 Å². The molecule has 0 aliphatic carbocycles. The van der Waals surface area contributed by atoms with Gasteiger partial charge in [0.25, 0.3) is 5.69 Å². The van der Waals surface area contributed by atoms with Gasteiger partial charge >= 0.3 is 0 Å². The normalized spacial score (nSPS) is 17.8. The first-order valence-electron chi connectivity index (χ1n) is 6.23. The molecule has 0 spiro atoms. The Bertz CT molecular complexity index is 495. The van der Waals surface area contributed by atoms with E-state index in [-0.39, 0.29) is 4.92 Å². The number of rotatable bonds is 1. The maximum absolute atomic E-state index is 11.1. The van der Waals surface area contributed by atoms with E-state index in [9.17, 15) is 10.1 Å². The Morgan fingerprint density at radius 1 is 1.29 bits per heavy atom. The molecule has 3 rings (SSSR count). The largest absolute Gasteiger partial charge is 0.371 e. The predicted molar refractivity (Wildman–Crippen MR) is 66.7 cm³/mol. The van der Waals surface area contributed by atoms with Gasteiger partial charge in [-0.1, -0.05) is 0 Å². The second kappa shape index (κ2) is 3.72. The van der Waals surface area contributed by atoms with Gasteiger partial charge in [0.2, 0.25) is 0 Å². The molecule has 0 fully saturated rings. The third-order valence-electron chi connectivity index (χ3n) is 3.98. The molecule has 0 aromatic heterocycles. The number of nitrogens with zero attached hydrogens (tertiary/aromatic N) is 2. The summed E-state index contributed by atoms with van der Waals surface area (Å²) in [7, 11) is 0. The second-order valence-corrected chi connectivity index (χ2v) is 4.96. The van der Waals surface area contributed by atoms with Gasteiger partial charge in [0.05, 0.1) is 4.92 Å². The fourth-order valence-corrected chi connectivity index (χ4v) is 3.19. The van der Waals surface area contributed by atoms with Crippen molar-refractivity contribution >= 4 is 11.4 Å². The summed E-state index contributed by atoms with van der Waals surface area (Å²) in [5.74, 6) is 0. The molecule has 0 radical (unpaired) electrons. The maximum Gasteiger partial charge on any atom is 0.272 e. The standard InChI is InChI=1S/C13H16N2O2/c1-9-11-5-3-7-14-6-2-4-10(13(11)14)8-12(9)15(16)17/h8H,2-7H2,1H3. The van der Waals surface area contributed by atoms with Crippen molar-refractivity contribution in [3.63, 3.8) is 0 Å². The number of nitro groups is 1. The lowest BCUT2D eigenvalue weighted by atomic mass is 9.88. The lowest BCUT2D eigenvalue weighted by molar-refractivity contribution is -0.385. The van der Waals surface area contributed by atoms with E-state index in [4.69, 9.17) is 0 Å². The van der Waals surface area contributed by atoms with Gasteiger partial charge in [0.1, 0.15) is 0 Å². The second-order valence-electron chi connectivity index (χ2n) is 4.96. The van der Waals surface area contributed by atoms with Crippen molar-refractivity contribution in [2.45, 2.75) is 32.6 Å². The highest BCUT2D eigenvalue weighted by molar-refractivity contribution is 5.69. The molecule has 1 aromatic rings. The average molecular weight is 232 g/mol. The van der Waals surface area contributed by atoms with Gasteiger partial charge in [-0.05, 0) is 43.7 Å². The van der Waals surface area contributed by atoms with Gasteiger partial charge < -0.3 is 4.90 Å². The molecular weight excluding hydrogens is 216 g/mol. The first-order valence-corrected chi connectivity index (χ1v) is 6.23. The van der Waals surface area contributed by atoms with Crippen molar-refractivity contribution in [3.8, 4) is 0 Å². The SMILES string of the molecule is Cc1c([N+](=O)[O-])cc2c3c1CCCN3CCC2. The quantitative estimate of drug-likeness (QED) is 0.552. The highest BCUT2D eigenvalue weighted by Crippen LogP contribution is 2.40. The number of anilines is 1. The molecule has 0 bridgehead atoms. The lowest BCUT2D eigenvalue weighted by Crippen LogP contribution is -2.35. The Labute approximate surface area is 100 Å². The zero-order chi connectivity index (χ0) is 12.0. The zero-order valence-electron chi connectivity index (χ0n) is 10.0. The van der Waals surface area contributed by atoms with Gasteiger partial charge in [0.15, 0.2) is 0 Å². The average Bonchev–Trinajstić information content (AvgIpc) is 2.33. The van der Waals surface area contributed by atoms with Crippen LogP contribution in [0.4, 0.5) is 11.4 Å². The molecule has 2 aliphatic heterocycles. The summed E-state index contributed by atoms with van der Waals surface area (Å²) in [5, 5.41) is 11.1. The maximum atomic E-state index is 11.1. The summed E-state index contributed by atoms with van der Waals surface area (Å²) in [6.07, 6.45) is 4.22. The smallest absolute Gasteiger partial charge is 0.272 e. The van der Waals surface area contributed by atoms with Crippen LogP contribution in [0.2, 0.25) is 0 Å². The van der Waals surface area contributed by atoms with Crippen LogP contribution in [-0.2, 0) is 12.8 Å². The highest BCUT2D eigenvalue weighted by Gasteiger charge is 2.29. The van der Waals surface area contributed by atoms with E-state index in [1.807, 2.05) is 6.92 Å². The molecule has 90 valence electrons. The number of hydrogen-bond acceptors (Lipinski definition) is 3. The first kappa shape index (κ1) is 10.6. The fraction of sp³-hybridized carbons (Fsp3) is 0.538. The minimum atomic E-state index is -0.236. The Hall–Kier alpha value is -1.58. The fourth-order valence-electron chi connectivity index (χ4n) is 3.19. The number of benzene rings is 1. The molecule has 4 nitrogen and oxygen atoms in total. The van der Waals surface area contributed by atoms with Gasteiger partial charge in [0, 0.05) is 30.4 Å². The molecule has 0 saturated carbocycles. The van der Waals surface area contributed by atoms with Crippen molar-refractivity contribution in [2.75, 3.05) is 18.0 Å². The number of aryl methyl sites for hydroxylation is 1. The summed E-state index contributed by atoms with van der Waals surface area (Å²) in [4.78, 5) is 13.2. The van der Waals surface area contributed by atoms with Crippen LogP contribution in [-0.4, -0.2) is 18.0 Å². The highest BCUT2D eigenvalue weighted by atomic mass is 16.6. The van der Waals surface area contributed by atoms with Crippen LogP contribution in [0.25, 0.3) is 0 Å². The first-order chi connectivity index (χ1) is 8.18. The molecule has 1 aromatic carbocycles. The molecule has 0 saturated heterocycles. The molecule has 0 atom stereocenters. The van der Waals surface area contributed by atoms with E-state index in [0.717, 1.165) is 44.3 Å². The molecular formula is C13H16N2O2. The molecule has 0 unspecified atom stereocenters. The zero-order valence-corrected chi connectivity index (χ0v) is 10.0. The van der Waals surface area contributed by atoms with E-state index in [1.54, 1.807) is 6.07 Å². The summed E-state index contributed by atoms with van der Waals surface area (Å²) >= 11 is 0. The number of nitro benzene ring substituents is 1. The molecule has 4 heteroatoms. The van der Waals surface area contributed by atoms with E-state index >= 15 is 0 Å². The van der Waals surface area contributed by atoms with Gasteiger partial charge in [-0.15, -0.1) is 0 Å². The van der Waals surface area contributed by atoms with E-state index in [0.29, 0.717) is 5.69 Å². The summed E-state index contributed by atoms with van der Waals surface area (Å²) in [5.41, 5.74) is 4.90. The summed E-state index contributed by atoms with van der Waals surface area (Å²) in [6, 6.07) is 1.80. The van der Waals surface area contributed by atoms with Crippen molar-refractivity contribution in [1.82, 2.24) is 0 Å². The monoisotopic (exact) mass is 232 g/mol. The van der Waals surface area contributed by atoms with Crippen LogP contribution in [0, 0.1) is 17.0 Å². The van der Waals surface area contributed by atoms with Crippen LogP contribution in [0.15, 0.2) is 6.07 Å². The third-order valence-corrected chi connectivity index (χ3v) is 3.98. The van der Waals surface area contributed by atoms with E-state index < -0.39 is 0 Å². The topological polar surface area (TPSA) is 46.4 Å². The van der Waals surface area contributed by atoms with Crippen molar-refractivity contribution in [1.29, 1.82) is 0 Å². The third kappa shape index (κ3) is 1.51. The Kier molecular flexibility index (Phi) is 2.31. The van der Waals surface area contributed by atoms with Crippen LogP contribution in [0.3, 0.4) is 0 Å². The van der Waals surface area contributed by atoms with Gasteiger partial charge in [-0.25, -0.2) is 0 Å². The van der Waals surface area contributed by atoms with E-state index in [2.05, 4.69) is 4.90 Å². The van der Waals surface area contributed by atoms with E-state index in [1.165, 1.54) is 16.8 Å². The summed E-state index contributed by atoms with van der Waals surface area (Å²) < 4.78 is 0. The molecule has 0 N–H and O–H groups in total. The number of hydrogen-bond donors (Lipinski definition) is 0. The Morgan fingerprint density at radius 2 is 2.00 bits per heavy atom. The Balaban J connectivity index is 2.25. The van der Waals surface area contributed by atoms with Crippen molar-refractivity contribution < 1.29 is 4.92 Å². The van der Waals surface area contributed by atoms with Crippen molar-refractivity contribution in [2.24, 2.45) is 0 Å². The lowest BCUT2D eigenvalue weighted by Gasteiger charge is -2.37. The van der Waals surface area contributed by atoms with Gasteiger partial charge in [-0.3, -0.25) is 10.1 Å². The van der Waals surface area contributed by atoms with Crippen LogP contribution >= 0.6 is 0 Å². The molecule has 17 heavy (non-hydrogen) atoms. The summed E-state index contributed by atoms with van der Waals surface area (Å²) in [6.45, 7) is 4.11. The molecule has 2 aliphatic rings. The minimum Gasteiger partial charge on any atom is -0.371 e. The van der Waals surface area contributed by atoms with Crippen LogP contribution < -0.4 is 4.90 Å². The predicted octanol–water partition coefficient (Wildman–Crippen LogP) is 2.60. The van der Waals surface area contributed by atoms with Crippen molar-refractivity contribution in [3.05, 3.63) is 32.9 Å². The Morgan fingerprint density at radius 3 is 2.71 bits per heavy atom. The molecule has 2 heterocycles. The molecule has 0 amide bonds. The minimum absolute atomic E-state index is 0.236.